The lowest BCUT2D eigenvalue weighted by Crippen LogP contribution is -2.54. The zero-order valence-electron chi connectivity index (χ0n) is 15.6. The van der Waals surface area contributed by atoms with Gasteiger partial charge in [-0.2, -0.15) is 0 Å². The van der Waals surface area contributed by atoms with Gasteiger partial charge in [0.15, 0.2) is 0 Å². The van der Waals surface area contributed by atoms with Crippen molar-refractivity contribution in [3.05, 3.63) is 72.1 Å². The number of nitrogens with zero attached hydrogens (tertiary/aromatic N) is 2. The summed E-state index contributed by atoms with van der Waals surface area (Å²) in [6.45, 7) is 2.28. The van der Waals surface area contributed by atoms with E-state index in [1.54, 1.807) is 18.2 Å². The van der Waals surface area contributed by atoms with E-state index in [4.69, 9.17) is 4.74 Å². The molecule has 144 valence electrons. The average molecular weight is 387 g/mol. The summed E-state index contributed by atoms with van der Waals surface area (Å²) in [7, 11) is 0. The number of fused-ring (bicyclic) bond motifs is 1. The number of amides is 4. The fourth-order valence-corrected chi connectivity index (χ4v) is 3.23. The average Bonchev–Trinajstić information content (AvgIpc) is 2.73. The highest BCUT2D eigenvalue weighted by Crippen LogP contribution is 2.31. The smallest absolute Gasteiger partial charge is 0.336 e. The second-order valence-corrected chi connectivity index (χ2v) is 6.30. The second-order valence-electron chi connectivity index (χ2n) is 6.30. The van der Waals surface area contributed by atoms with Gasteiger partial charge in [-0.25, -0.2) is 9.69 Å². The van der Waals surface area contributed by atoms with Crippen molar-refractivity contribution < 1.29 is 19.1 Å². The first-order chi connectivity index (χ1) is 14.1. The number of carbonyl (C=O) groups excluding carboxylic acids is 3. The summed E-state index contributed by atoms with van der Waals surface area (Å²) in [5, 5.41) is 3.99. The number of anilines is 1. The van der Waals surface area contributed by atoms with Crippen LogP contribution < -0.4 is 15.0 Å². The molecule has 4 rings (SSSR count). The van der Waals surface area contributed by atoms with E-state index in [1.807, 2.05) is 37.3 Å². The van der Waals surface area contributed by atoms with E-state index in [9.17, 15) is 14.4 Å². The quantitative estimate of drug-likeness (QED) is 0.548. The zero-order valence-corrected chi connectivity index (χ0v) is 15.6. The second kappa shape index (κ2) is 7.55. The number of aromatic nitrogens is 1. The Kier molecular flexibility index (Phi) is 4.78. The molecule has 4 amide bonds. The van der Waals surface area contributed by atoms with Crippen LogP contribution in [0.15, 0.2) is 66.5 Å². The van der Waals surface area contributed by atoms with Gasteiger partial charge in [0, 0.05) is 11.8 Å². The van der Waals surface area contributed by atoms with Crippen LogP contribution >= 0.6 is 0 Å². The minimum Gasteiger partial charge on any atom is -0.493 e. The first-order valence-electron chi connectivity index (χ1n) is 9.06. The molecular formula is C22H17N3O4. The van der Waals surface area contributed by atoms with E-state index in [2.05, 4.69) is 10.3 Å². The number of hydrogen-bond acceptors (Lipinski definition) is 5. The molecule has 1 saturated heterocycles. The molecule has 7 heteroatoms. The Morgan fingerprint density at radius 3 is 2.66 bits per heavy atom. The number of imide groups is 2. The minimum atomic E-state index is -0.812. The Morgan fingerprint density at radius 2 is 1.90 bits per heavy atom. The molecule has 0 radical (unpaired) electrons. The predicted octanol–water partition coefficient (Wildman–Crippen LogP) is 3.30. The fraction of sp³-hybridized carbons (Fsp3) is 0.0909. The van der Waals surface area contributed by atoms with E-state index in [-0.39, 0.29) is 11.3 Å². The van der Waals surface area contributed by atoms with Crippen LogP contribution in [0.2, 0.25) is 0 Å². The summed E-state index contributed by atoms with van der Waals surface area (Å²) in [4.78, 5) is 42.7. The maximum absolute atomic E-state index is 13.1. The normalized spacial score (nSPS) is 15.7. The third-order valence-corrected chi connectivity index (χ3v) is 4.53. The van der Waals surface area contributed by atoms with Crippen molar-refractivity contribution in [2.24, 2.45) is 0 Å². The van der Waals surface area contributed by atoms with Crippen molar-refractivity contribution in [2.75, 3.05) is 11.5 Å². The van der Waals surface area contributed by atoms with E-state index >= 15 is 0 Å². The fourth-order valence-electron chi connectivity index (χ4n) is 3.23. The number of benzene rings is 2. The van der Waals surface area contributed by atoms with Crippen molar-refractivity contribution in [1.82, 2.24) is 10.3 Å². The predicted molar refractivity (Wildman–Crippen MR) is 108 cm³/mol. The molecule has 0 saturated carbocycles. The summed E-state index contributed by atoms with van der Waals surface area (Å²) < 4.78 is 5.71. The van der Waals surface area contributed by atoms with Crippen LogP contribution in [-0.4, -0.2) is 29.4 Å². The van der Waals surface area contributed by atoms with E-state index in [1.165, 1.54) is 18.5 Å². The maximum Gasteiger partial charge on any atom is 0.336 e. The van der Waals surface area contributed by atoms with Crippen molar-refractivity contribution in [1.29, 1.82) is 0 Å². The lowest BCUT2D eigenvalue weighted by atomic mass is 9.99. The molecule has 2 heterocycles. The van der Waals surface area contributed by atoms with Gasteiger partial charge in [-0.1, -0.05) is 30.3 Å². The van der Waals surface area contributed by atoms with Gasteiger partial charge in [-0.15, -0.1) is 0 Å². The van der Waals surface area contributed by atoms with Gasteiger partial charge in [0.1, 0.15) is 11.3 Å². The number of carbonyl (C=O) groups is 3. The van der Waals surface area contributed by atoms with Crippen LogP contribution in [0.5, 0.6) is 5.75 Å². The Morgan fingerprint density at radius 1 is 1.07 bits per heavy atom. The monoisotopic (exact) mass is 387 g/mol. The molecule has 7 nitrogen and oxygen atoms in total. The molecular weight excluding hydrogens is 370 g/mol. The van der Waals surface area contributed by atoms with Crippen molar-refractivity contribution >= 4 is 40.4 Å². The molecule has 0 spiro atoms. The summed E-state index contributed by atoms with van der Waals surface area (Å²) in [6, 6.07) is 13.7. The molecule has 1 fully saturated rings. The first-order valence-corrected chi connectivity index (χ1v) is 9.06. The van der Waals surface area contributed by atoms with Gasteiger partial charge in [0.05, 0.1) is 18.5 Å². The van der Waals surface area contributed by atoms with E-state index in [0.717, 1.165) is 15.7 Å². The van der Waals surface area contributed by atoms with Crippen LogP contribution in [0.25, 0.3) is 16.8 Å². The molecule has 0 aliphatic carbocycles. The molecule has 1 aliphatic rings. The Balaban J connectivity index is 1.87. The number of barbiturate groups is 1. The van der Waals surface area contributed by atoms with Gasteiger partial charge in [-0.3, -0.25) is 19.9 Å². The van der Waals surface area contributed by atoms with Gasteiger partial charge in [-0.05, 0) is 42.0 Å². The number of rotatable bonds is 4. The van der Waals surface area contributed by atoms with Crippen LogP contribution in [-0.2, 0) is 9.59 Å². The van der Waals surface area contributed by atoms with E-state index in [0.29, 0.717) is 17.9 Å². The third-order valence-electron chi connectivity index (χ3n) is 4.53. The standard InChI is InChI=1S/C22H17N3O4/c1-2-29-19-10-9-14-6-3-4-8-16(14)17(19)12-18-20(26)24-22(28)25(21(18)27)15-7-5-11-23-13-15/h3-13H,2H2,1H3,(H,24,26,28)/b18-12+. The van der Waals surface area contributed by atoms with Gasteiger partial charge in [0.25, 0.3) is 11.8 Å². The van der Waals surface area contributed by atoms with Gasteiger partial charge < -0.3 is 4.74 Å². The molecule has 0 unspecified atom stereocenters. The largest absolute Gasteiger partial charge is 0.493 e. The lowest BCUT2D eigenvalue weighted by molar-refractivity contribution is -0.122. The molecule has 2 aromatic carbocycles. The number of nitrogens with one attached hydrogen (secondary N) is 1. The van der Waals surface area contributed by atoms with Crippen molar-refractivity contribution in [3.8, 4) is 5.75 Å². The van der Waals surface area contributed by atoms with Crippen LogP contribution in [0, 0.1) is 0 Å². The highest BCUT2D eigenvalue weighted by molar-refractivity contribution is 6.39. The van der Waals surface area contributed by atoms with Crippen LogP contribution in [0.4, 0.5) is 10.5 Å². The molecule has 0 atom stereocenters. The molecule has 3 aromatic rings. The van der Waals surface area contributed by atoms with Crippen molar-refractivity contribution in [3.63, 3.8) is 0 Å². The third kappa shape index (κ3) is 3.34. The lowest BCUT2D eigenvalue weighted by Gasteiger charge is -2.26. The van der Waals surface area contributed by atoms with Crippen LogP contribution in [0.1, 0.15) is 12.5 Å². The molecule has 29 heavy (non-hydrogen) atoms. The molecule has 1 aliphatic heterocycles. The molecule has 1 aromatic heterocycles. The molecule has 1 N–H and O–H groups in total. The number of ether oxygens (including phenoxy) is 1. The summed E-state index contributed by atoms with van der Waals surface area (Å²) in [5.74, 6) is -0.929. The summed E-state index contributed by atoms with van der Waals surface area (Å²) in [6.07, 6.45) is 4.39. The number of urea groups is 1. The van der Waals surface area contributed by atoms with E-state index < -0.39 is 17.8 Å². The highest BCUT2D eigenvalue weighted by atomic mass is 16.5. The topological polar surface area (TPSA) is 88.6 Å². The highest BCUT2D eigenvalue weighted by Gasteiger charge is 2.37. The van der Waals surface area contributed by atoms with Crippen LogP contribution in [0.3, 0.4) is 0 Å². The number of pyridine rings is 1. The Hall–Kier alpha value is -4.00. The number of hydrogen-bond donors (Lipinski definition) is 1. The first kappa shape index (κ1) is 18.4. The Bertz CT molecular complexity index is 1160. The van der Waals surface area contributed by atoms with Gasteiger partial charge in [0.2, 0.25) is 0 Å². The SMILES string of the molecule is CCOc1ccc2ccccc2c1/C=C1\C(=O)NC(=O)N(c2cccnc2)C1=O. The summed E-state index contributed by atoms with van der Waals surface area (Å²) >= 11 is 0. The summed E-state index contributed by atoms with van der Waals surface area (Å²) in [5.41, 5.74) is 0.714. The zero-order chi connectivity index (χ0) is 20.4. The van der Waals surface area contributed by atoms with Crippen molar-refractivity contribution in [2.45, 2.75) is 6.92 Å². The molecule has 0 bridgehead atoms. The van der Waals surface area contributed by atoms with Gasteiger partial charge >= 0.3 is 6.03 Å². The maximum atomic E-state index is 13.1. The Labute approximate surface area is 166 Å². The minimum absolute atomic E-state index is 0.161.